The van der Waals surface area contributed by atoms with Gasteiger partial charge in [-0.25, -0.2) is 4.79 Å². The lowest BCUT2D eigenvalue weighted by molar-refractivity contribution is 0.167. The van der Waals surface area contributed by atoms with Gasteiger partial charge in [0.05, 0.1) is 17.4 Å². The highest BCUT2D eigenvalue weighted by atomic mass is 16.7. The highest BCUT2D eigenvalue weighted by molar-refractivity contribution is 5.89. The molecule has 2 aromatic heterocycles. The molecule has 0 saturated heterocycles. The molecular weight excluding hydrogens is 268 g/mol. The van der Waals surface area contributed by atoms with E-state index in [1.165, 1.54) is 6.21 Å². The molecule has 21 heavy (non-hydrogen) atoms. The van der Waals surface area contributed by atoms with Crippen LogP contribution in [0, 0.1) is 12.1 Å². The molecule has 3 aromatic rings. The van der Waals surface area contributed by atoms with Crippen LogP contribution in [-0.4, -0.2) is 22.3 Å². The van der Waals surface area contributed by atoms with Gasteiger partial charge in [0.15, 0.2) is 0 Å². The largest absolute Gasteiger partial charge is 0.438 e. The van der Waals surface area contributed by atoms with Crippen LogP contribution in [0.2, 0.25) is 0 Å². The molecule has 2 N–H and O–H groups in total. The summed E-state index contributed by atoms with van der Waals surface area (Å²) in [5.74, 6) is 0. The lowest BCUT2D eigenvalue weighted by Crippen LogP contribution is -2.10. The van der Waals surface area contributed by atoms with Crippen LogP contribution in [0.1, 0.15) is 5.56 Å². The van der Waals surface area contributed by atoms with Crippen molar-refractivity contribution >= 4 is 28.9 Å². The molecule has 0 aliphatic carbocycles. The van der Waals surface area contributed by atoms with E-state index in [0.717, 1.165) is 16.5 Å². The average Bonchev–Trinajstić information content (AvgIpc) is 2.96. The van der Waals surface area contributed by atoms with E-state index in [1.54, 1.807) is 36.8 Å². The van der Waals surface area contributed by atoms with Crippen molar-refractivity contribution in [3.8, 4) is 0 Å². The Balaban J connectivity index is 1.60. The minimum atomic E-state index is -0.699. The van der Waals surface area contributed by atoms with Gasteiger partial charge in [-0.2, -0.15) is 0 Å². The number of anilines is 1. The number of rotatable bonds is 3. The molecule has 102 valence electrons. The maximum atomic E-state index is 11.6. The van der Waals surface area contributed by atoms with Crippen molar-refractivity contribution in [3.63, 3.8) is 0 Å². The maximum Gasteiger partial charge on any atom is 0.438 e. The number of H-pyrrole nitrogens is 1. The number of carbonyl (C=O) groups is 1. The van der Waals surface area contributed by atoms with E-state index in [-0.39, 0.29) is 0 Å². The van der Waals surface area contributed by atoms with Crippen LogP contribution < -0.4 is 5.32 Å². The van der Waals surface area contributed by atoms with Crippen LogP contribution in [0.3, 0.4) is 0 Å². The third-order valence-corrected chi connectivity index (χ3v) is 2.66. The predicted octanol–water partition coefficient (Wildman–Crippen LogP) is 2.75. The van der Waals surface area contributed by atoms with Crippen molar-refractivity contribution in [1.82, 2.24) is 9.97 Å². The molecular formula is C15H10N4O2. The van der Waals surface area contributed by atoms with Crippen molar-refractivity contribution in [2.75, 3.05) is 5.32 Å². The highest BCUT2D eigenvalue weighted by Crippen LogP contribution is 2.13. The fourth-order valence-electron chi connectivity index (χ4n) is 1.72. The van der Waals surface area contributed by atoms with E-state index in [0.29, 0.717) is 5.69 Å². The number of hydrogen-bond donors (Lipinski definition) is 2. The van der Waals surface area contributed by atoms with Crippen molar-refractivity contribution in [3.05, 3.63) is 60.6 Å². The topological polar surface area (TPSA) is 79.4 Å². The number of hydrogen-bond acceptors (Lipinski definition) is 4. The Kier molecular flexibility index (Phi) is 3.48. The number of nitrogens with zero attached hydrogens (tertiary/aromatic N) is 2. The van der Waals surface area contributed by atoms with Crippen LogP contribution in [0.15, 0.2) is 48.0 Å². The van der Waals surface area contributed by atoms with Crippen molar-refractivity contribution in [2.24, 2.45) is 5.16 Å². The molecule has 0 unspecified atom stereocenters. The van der Waals surface area contributed by atoms with Gasteiger partial charge in [0.25, 0.3) is 0 Å². The highest BCUT2D eigenvalue weighted by Gasteiger charge is 2.03. The quantitative estimate of drug-likeness (QED) is 0.439. The predicted molar refractivity (Wildman–Crippen MR) is 77.9 cm³/mol. The molecule has 6 heteroatoms. The van der Waals surface area contributed by atoms with E-state index >= 15 is 0 Å². The molecule has 0 saturated carbocycles. The van der Waals surface area contributed by atoms with Gasteiger partial charge in [-0.15, -0.1) is 0 Å². The standard InChI is InChI=1S/C15H10N4O2/c20-15(21-18-10-11-2-1-6-16-9-11)19-13-3-4-14-12(8-13)5-7-17-14/h1-2,5-10,17H,(H,19,20)/b18-10+. The number of oxime groups is 1. The molecule has 0 spiro atoms. The molecule has 1 aromatic carbocycles. The summed E-state index contributed by atoms with van der Waals surface area (Å²) >= 11 is 0. The fraction of sp³-hybridized carbons (Fsp3) is 0. The van der Waals surface area contributed by atoms with Crippen molar-refractivity contribution in [2.45, 2.75) is 0 Å². The van der Waals surface area contributed by atoms with Gasteiger partial charge in [-0.3, -0.25) is 15.1 Å². The average molecular weight is 278 g/mol. The van der Waals surface area contributed by atoms with Crippen LogP contribution >= 0.6 is 0 Å². The van der Waals surface area contributed by atoms with E-state index in [9.17, 15) is 4.79 Å². The van der Waals surface area contributed by atoms with Crippen LogP contribution in [0.25, 0.3) is 10.9 Å². The second-order valence-corrected chi connectivity index (χ2v) is 4.14. The zero-order chi connectivity index (χ0) is 14.5. The van der Waals surface area contributed by atoms with Crippen molar-refractivity contribution < 1.29 is 9.63 Å². The summed E-state index contributed by atoms with van der Waals surface area (Å²) in [6, 6.07) is 12.9. The third-order valence-electron chi connectivity index (χ3n) is 2.66. The Hall–Kier alpha value is -3.33. The number of aromatic amines is 1. The smallest absolute Gasteiger partial charge is 0.354 e. The number of nitrogens with one attached hydrogen (secondary N) is 2. The summed E-state index contributed by atoms with van der Waals surface area (Å²) in [5.41, 5.74) is 2.02. The molecule has 0 fully saturated rings. The summed E-state index contributed by atoms with van der Waals surface area (Å²) < 4.78 is 0. The van der Waals surface area contributed by atoms with Gasteiger partial charge < -0.3 is 4.98 Å². The molecule has 0 aliphatic heterocycles. The first-order valence-corrected chi connectivity index (χ1v) is 6.14. The lowest BCUT2D eigenvalue weighted by Gasteiger charge is -1.99. The molecule has 6 nitrogen and oxygen atoms in total. The number of fused-ring (bicyclic) bond motifs is 1. The molecule has 2 heterocycles. The van der Waals surface area contributed by atoms with Gasteiger partial charge in [0, 0.05) is 29.5 Å². The summed E-state index contributed by atoms with van der Waals surface area (Å²) in [5, 5.41) is 7.02. The molecule has 0 bridgehead atoms. The van der Waals surface area contributed by atoms with Gasteiger partial charge >= 0.3 is 6.09 Å². The first kappa shape index (κ1) is 12.7. The van der Waals surface area contributed by atoms with E-state index in [2.05, 4.69) is 32.6 Å². The van der Waals surface area contributed by atoms with Crippen molar-refractivity contribution in [1.29, 1.82) is 0 Å². The summed E-state index contributed by atoms with van der Waals surface area (Å²) in [6.07, 6.45) is 5.74. The number of carbonyl (C=O) groups excluding carboxylic acids is 1. The van der Waals surface area contributed by atoms with E-state index in [1.807, 2.05) is 6.07 Å². The van der Waals surface area contributed by atoms with Crippen LogP contribution in [0.4, 0.5) is 10.5 Å². The minimum absolute atomic E-state index is 0.462. The third kappa shape index (κ3) is 3.16. The minimum Gasteiger partial charge on any atom is -0.354 e. The maximum absolute atomic E-state index is 11.6. The van der Waals surface area contributed by atoms with Gasteiger partial charge in [-0.05, 0) is 30.3 Å². The lowest BCUT2D eigenvalue weighted by atomic mass is 10.3. The Bertz CT molecular complexity index is 780. The second kappa shape index (κ2) is 5.75. The fourth-order valence-corrected chi connectivity index (χ4v) is 1.72. The van der Waals surface area contributed by atoms with Crippen LogP contribution in [0.5, 0.6) is 0 Å². The first-order valence-electron chi connectivity index (χ1n) is 6.14. The van der Waals surface area contributed by atoms with Gasteiger partial charge in [0.1, 0.15) is 0 Å². The molecule has 1 amide bonds. The summed E-state index contributed by atoms with van der Waals surface area (Å²) in [6.45, 7) is 0. The second-order valence-electron chi connectivity index (χ2n) is 4.14. The molecule has 3 rings (SSSR count). The Labute approximate surface area is 120 Å². The SMILES string of the molecule is O=C(Nc1c#cc2[nH]ccc2c1)O/N=C/c1cccnc1. The number of aromatic nitrogens is 2. The molecule has 0 aliphatic rings. The van der Waals surface area contributed by atoms with Gasteiger partial charge in [-0.1, -0.05) is 11.2 Å². The Morgan fingerprint density at radius 3 is 3.24 bits per heavy atom. The zero-order valence-corrected chi connectivity index (χ0v) is 10.8. The Morgan fingerprint density at radius 2 is 2.38 bits per heavy atom. The summed E-state index contributed by atoms with van der Waals surface area (Å²) in [4.78, 5) is 23.2. The summed E-state index contributed by atoms with van der Waals surface area (Å²) in [7, 11) is 0. The first-order chi connectivity index (χ1) is 10.3. The number of amides is 1. The normalized spacial score (nSPS) is 10.5. The van der Waals surface area contributed by atoms with E-state index in [4.69, 9.17) is 4.84 Å². The van der Waals surface area contributed by atoms with Crippen LogP contribution in [-0.2, 0) is 4.84 Å². The number of pyridine rings is 1. The van der Waals surface area contributed by atoms with Gasteiger partial charge in [0.2, 0.25) is 0 Å². The molecule has 0 atom stereocenters. The monoisotopic (exact) mass is 278 g/mol. The zero-order valence-electron chi connectivity index (χ0n) is 10.8. The Morgan fingerprint density at radius 1 is 1.43 bits per heavy atom. The van der Waals surface area contributed by atoms with E-state index < -0.39 is 6.09 Å². The molecule has 0 radical (unpaired) electrons.